The second kappa shape index (κ2) is 5.13. The van der Waals surface area contributed by atoms with Crippen molar-refractivity contribution < 1.29 is 14.6 Å². The van der Waals surface area contributed by atoms with E-state index in [4.69, 9.17) is 4.74 Å². The molecule has 0 bridgehead atoms. The fourth-order valence-corrected chi connectivity index (χ4v) is 2.87. The third-order valence-electron chi connectivity index (χ3n) is 3.93. The highest BCUT2D eigenvalue weighted by Crippen LogP contribution is 2.31. The number of ether oxygens (including phenoxy) is 1. The molecule has 2 aliphatic rings. The molecule has 20 heavy (non-hydrogen) atoms. The first-order chi connectivity index (χ1) is 9.69. The van der Waals surface area contributed by atoms with Crippen molar-refractivity contribution >= 4 is 12.3 Å². The van der Waals surface area contributed by atoms with E-state index in [1.807, 2.05) is 24.3 Å². The minimum absolute atomic E-state index is 0.0268. The van der Waals surface area contributed by atoms with E-state index in [2.05, 4.69) is 15.6 Å². The Morgan fingerprint density at radius 3 is 2.80 bits per heavy atom. The van der Waals surface area contributed by atoms with Gasteiger partial charge >= 0.3 is 5.97 Å². The Morgan fingerprint density at radius 2 is 2.15 bits per heavy atom. The number of carboxylic acids is 1. The molecule has 6 nitrogen and oxygen atoms in total. The molecule has 0 unspecified atom stereocenters. The van der Waals surface area contributed by atoms with Gasteiger partial charge in [0.15, 0.2) is 0 Å². The summed E-state index contributed by atoms with van der Waals surface area (Å²) >= 11 is 0. The lowest BCUT2D eigenvalue weighted by molar-refractivity contribution is -0.140. The molecule has 3 N–H and O–H groups in total. The smallest absolute Gasteiger partial charge is 0.320 e. The minimum atomic E-state index is -0.823. The summed E-state index contributed by atoms with van der Waals surface area (Å²) in [6.07, 6.45) is 2.21. The Kier molecular flexibility index (Phi) is 3.31. The molecular formula is C14H17N3O3. The normalized spacial score (nSPS) is 31.4. The molecular weight excluding hydrogens is 258 g/mol. The monoisotopic (exact) mass is 275 g/mol. The minimum Gasteiger partial charge on any atom is -0.497 e. The summed E-state index contributed by atoms with van der Waals surface area (Å²) in [4.78, 5) is 15.7. The second-order valence-corrected chi connectivity index (χ2v) is 5.09. The van der Waals surface area contributed by atoms with Gasteiger partial charge in [-0.25, -0.2) is 0 Å². The number of benzene rings is 1. The number of hydrogen-bond donors (Lipinski definition) is 3. The van der Waals surface area contributed by atoms with Crippen molar-refractivity contribution in [1.29, 1.82) is 0 Å². The number of aliphatic carboxylic acids is 1. The van der Waals surface area contributed by atoms with Crippen molar-refractivity contribution in [3.63, 3.8) is 0 Å². The van der Waals surface area contributed by atoms with E-state index in [1.54, 1.807) is 13.4 Å². The van der Waals surface area contributed by atoms with E-state index >= 15 is 0 Å². The average Bonchev–Trinajstić information content (AvgIpc) is 2.94. The summed E-state index contributed by atoms with van der Waals surface area (Å²) in [7, 11) is 1.62. The van der Waals surface area contributed by atoms with Crippen LogP contribution in [0, 0.1) is 0 Å². The Labute approximate surface area is 116 Å². The fourth-order valence-electron chi connectivity index (χ4n) is 2.87. The van der Waals surface area contributed by atoms with Gasteiger partial charge in [-0.3, -0.25) is 15.1 Å². The maximum absolute atomic E-state index is 11.3. The van der Waals surface area contributed by atoms with Gasteiger partial charge in [0.1, 0.15) is 11.8 Å². The van der Waals surface area contributed by atoms with E-state index < -0.39 is 12.0 Å². The molecule has 2 heterocycles. The van der Waals surface area contributed by atoms with Crippen LogP contribution in [0.2, 0.25) is 0 Å². The molecule has 6 heteroatoms. The highest BCUT2D eigenvalue weighted by atomic mass is 16.5. The Bertz CT molecular complexity index is 529. The van der Waals surface area contributed by atoms with Gasteiger partial charge in [0.25, 0.3) is 0 Å². The van der Waals surface area contributed by atoms with Crippen LogP contribution in [0.15, 0.2) is 29.3 Å². The van der Waals surface area contributed by atoms with Crippen molar-refractivity contribution in [2.24, 2.45) is 4.99 Å². The molecule has 2 aliphatic heterocycles. The zero-order chi connectivity index (χ0) is 14.1. The van der Waals surface area contributed by atoms with Gasteiger partial charge in [0.05, 0.1) is 31.6 Å². The second-order valence-electron chi connectivity index (χ2n) is 5.09. The molecule has 0 aromatic heterocycles. The van der Waals surface area contributed by atoms with Gasteiger partial charge in [-0.1, -0.05) is 12.1 Å². The van der Waals surface area contributed by atoms with Crippen LogP contribution < -0.4 is 15.4 Å². The molecule has 106 valence electrons. The zero-order valence-electron chi connectivity index (χ0n) is 11.1. The molecule has 0 saturated carbocycles. The number of carboxylic acid groups (broad SMARTS) is 1. The molecule has 3 rings (SSSR count). The fraction of sp³-hybridized carbons (Fsp3) is 0.429. The molecule has 1 saturated heterocycles. The number of nitrogens with one attached hydrogen (secondary N) is 2. The van der Waals surface area contributed by atoms with Crippen LogP contribution >= 0.6 is 0 Å². The summed E-state index contributed by atoms with van der Waals surface area (Å²) in [5, 5.41) is 15.6. The van der Waals surface area contributed by atoms with Crippen LogP contribution in [0.25, 0.3) is 0 Å². The first-order valence-corrected chi connectivity index (χ1v) is 6.59. The lowest BCUT2D eigenvalue weighted by Gasteiger charge is -2.37. The Hall–Kier alpha value is -2.08. The number of fused-ring (bicyclic) bond motifs is 1. The molecule has 1 fully saturated rings. The third kappa shape index (κ3) is 2.22. The predicted molar refractivity (Wildman–Crippen MR) is 74.1 cm³/mol. The molecule has 0 radical (unpaired) electrons. The number of aliphatic imine (C=N–C) groups is 1. The zero-order valence-corrected chi connectivity index (χ0v) is 11.1. The van der Waals surface area contributed by atoms with Crippen molar-refractivity contribution in [2.45, 2.75) is 30.6 Å². The molecule has 1 aromatic rings. The van der Waals surface area contributed by atoms with Gasteiger partial charge in [-0.2, -0.15) is 0 Å². The van der Waals surface area contributed by atoms with E-state index in [-0.39, 0.29) is 18.1 Å². The molecule has 0 aliphatic carbocycles. The van der Waals surface area contributed by atoms with Gasteiger partial charge in [-0.15, -0.1) is 0 Å². The number of nitrogens with zero attached hydrogens (tertiary/aromatic N) is 1. The van der Waals surface area contributed by atoms with Crippen molar-refractivity contribution in [3.05, 3.63) is 29.8 Å². The lowest BCUT2D eigenvalue weighted by atomic mass is 9.86. The summed E-state index contributed by atoms with van der Waals surface area (Å²) in [6, 6.07) is 7.09. The quantitative estimate of drug-likeness (QED) is 0.750. The highest BCUT2D eigenvalue weighted by Gasteiger charge is 2.42. The van der Waals surface area contributed by atoms with Crippen molar-refractivity contribution in [3.8, 4) is 5.75 Å². The van der Waals surface area contributed by atoms with Crippen LogP contribution in [0.5, 0.6) is 5.75 Å². The molecule has 0 amide bonds. The van der Waals surface area contributed by atoms with E-state index in [0.29, 0.717) is 6.42 Å². The largest absolute Gasteiger partial charge is 0.497 e. The summed E-state index contributed by atoms with van der Waals surface area (Å²) in [5.74, 6) is -0.0420. The maximum Gasteiger partial charge on any atom is 0.320 e. The predicted octanol–water partition coefficient (Wildman–Crippen LogP) is 0.552. The maximum atomic E-state index is 11.3. The number of rotatable bonds is 3. The average molecular weight is 275 g/mol. The van der Waals surface area contributed by atoms with Gasteiger partial charge in [0.2, 0.25) is 0 Å². The van der Waals surface area contributed by atoms with Crippen LogP contribution in [-0.2, 0) is 4.79 Å². The van der Waals surface area contributed by atoms with Crippen molar-refractivity contribution in [1.82, 2.24) is 10.6 Å². The SMILES string of the molecule is COc1ccc([C@@H]2N[C@@H](C(=O)O)C[C@H]3NC=N[C@H]32)cc1. The summed E-state index contributed by atoms with van der Waals surface area (Å²) < 4.78 is 5.15. The Balaban J connectivity index is 1.87. The van der Waals surface area contributed by atoms with Crippen LogP contribution in [-0.4, -0.2) is 42.6 Å². The third-order valence-corrected chi connectivity index (χ3v) is 3.93. The van der Waals surface area contributed by atoms with Gasteiger partial charge < -0.3 is 15.2 Å². The molecule has 4 atom stereocenters. The Morgan fingerprint density at radius 1 is 1.40 bits per heavy atom. The van der Waals surface area contributed by atoms with E-state index in [0.717, 1.165) is 11.3 Å². The first kappa shape index (κ1) is 12.9. The standard InChI is InChI=1S/C14H17N3O3/c1-20-9-4-2-8(3-5-9)12-13-10(15-7-16-13)6-11(17-12)14(18)19/h2-5,7,10-13,17H,6H2,1H3,(H,15,16)(H,18,19)/t10-,11-,12+,13-/m1/s1. The number of carbonyl (C=O) groups is 1. The number of hydrogen-bond acceptors (Lipinski definition) is 5. The van der Waals surface area contributed by atoms with Crippen LogP contribution in [0.1, 0.15) is 18.0 Å². The van der Waals surface area contributed by atoms with Gasteiger partial charge in [0, 0.05) is 0 Å². The van der Waals surface area contributed by atoms with Crippen molar-refractivity contribution in [2.75, 3.05) is 7.11 Å². The van der Waals surface area contributed by atoms with Crippen LogP contribution in [0.4, 0.5) is 0 Å². The topological polar surface area (TPSA) is 83.0 Å². The number of piperidine rings is 1. The first-order valence-electron chi connectivity index (χ1n) is 6.59. The number of methoxy groups -OCH3 is 1. The summed E-state index contributed by atoms with van der Waals surface area (Å²) in [5.41, 5.74) is 1.02. The lowest BCUT2D eigenvalue weighted by Crippen LogP contribution is -2.55. The molecule has 1 aromatic carbocycles. The highest BCUT2D eigenvalue weighted by molar-refractivity contribution is 5.74. The van der Waals surface area contributed by atoms with Crippen LogP contribution in [0.3, 0.4) is 0 Å². The summed E-state index contributed by atoms with van der Waals surface area (Å²) in [6.45, 7) is 0. The van der Waals surface area contributed by atoms with Gasteiger partial charge in [-0.05, 0) is 24.1 Å². The van der Waals surface area contributed by atoms with E-state index in [1.165, 1.54) is 0 Å². The van der Waals surface area contributed by atoms with E-state index in [9.17, 15) is 9.90 Å². The molecule has 0 spiro atoms.